The number of aromatic hydroxyl groups is 1. The van der Waals surface area contributed by atoms with Crippen molar-refractivity contribution < 1.29 is 29.0 Å². The van der Waals surface area contributed by atoms with E-state index in [-0.39, 0.29) is 17.9 Å². The fourth-order valence-electron chi connectivity index (χ4n) is 2.37. The first-order chi connectivity index (χ1) is 13.2. The fourth-order valence-corrected chi connectivity index (χ4v) is 2.37. The highest BCUT2D eigenvalue weighted by molar-refractivity contribution is 6.02. The zero-order chi connectivity index (χ0) is 20.7. The number of phenolic OH excluding ortho intramolecular Hbond substituents is 1. The lowest BCUT2D eigenvalue weighted by Gasteiger charge is -2.21. The van der Waals surface area contributed by atoms with Crippen LogP contribution in [0.25, 0.3) is 6.08 Å². The highest BCUT2D eigenvalue weighted by Crippen LogP contribution is 2.12. The summed E-state index contributed by atoms with van der Waals surface area (Å²) in [6, 6.07) is 9.60. The molecule has 28 heavy (non-hydrogen) atoms. The second-order valence-corrected chi connectivity index (χ2v) is 6.01. The Hall–Kier alpha value is -3.68. The van der Waals surface area contributed by atoms with Gasteiger partial charge in [-0.25, -0.2) is 4.39 Å². The van der Waals surface area contributed by atoms with Gasteiger partial charge in [-0.05, 0) is 47.9 Å². The summed E-state index contributed by atoms with van der Waals surface area (Å²) in [6.07, 6.45) is 1.21. The predicted octanol–water partition coefficient (Wildman–Crippen LogP) is 0.486. The topological polar surface area (TPSA) is 119 Å². The number of carboxylic acids is 1. The molecule has 0 spiro atoms. The van der Waals surface area contributed by atoms with Gasteiger partial charge in [0.2, 0.25) is 5.91 Å². The van der Waals surface area contributed by atoms with E-state index < -0.39 is 29.6 Å². The summed E-state index contributed by atoms with van der Waals surface area (Å²) in [5.74, 6) is -3.33. The first-order valence-corrected chi connectivity index (χ1v) is 8.29. The molecule has 0 unspecified atom stereocenters. The predicted molar refractivity (Wildman–Crippen MR) is 96.9 cm³/mol. The molecule has 146 valence electrons. The third kappa shape index (κ3) is 6.24. The first-order valence-electron chi connectivity index (χ1n) is 8.29. The minimum absolute atomic E-state index is 0.0213. The van der Waals surface area contributed by atoms with Crippen LogP contribution in [-0.2, 0) is 20.8 Å². The average molecular weight is 385 g/mol. The Morgan fingerprint density at radius 2 is 1.71 bits per heavy atom. The van der Waals surface area contributed by atoms with Gasteiger partial charge >= 0.3 is 0 Å². The van der Waals surface area contributed by atoms with E-state index >= 15 is 0 Å². The number of hydrogen-bond acceptors (Lipinski definition) is 5. The number of carbonyl (C=O) groups is 3. The summed E-state index contributed by atoms with van der Waals surface area (Å²) in [5.41, 5.74) is 0.788. The third-order valence-corrected chi connectivity index (χ3v) is 3.70. The summed E-state index contributed by atoms with van der Waals surface area (Å²) in [5, 5.41) is 25.3. The number of rotatable bonds is 7. The van der Waals surface area contributed by atoms with Crippen LogP contribution in [0.15, 0.2) is 54.2 Å². The van der Waals surface area contributed by atoms with Crippen molar-refractivity contribution in [2.75, 3.05) is 0 Å². The summed E-state index contributed by atoms with van der Waals surface area (Å²) >= 11 is 0. The Morgan fingerprint density at radius 3 is 2.25 bits per heavy atom. The highest BCUT2D eigenvalue weighted by Gasteiger charge is 2.18. The Bertz CT molecular complexity index is 892. The number of carboxylic acid groups (broad SMARTS) is 1. The molecule has 2 amide bonds. The van der Waals surface area contributed by atoms with E-state index in [0.717, 1.165) is 0 Å². The van der Waals surface area contributed by atoms with Crippen molar-refractivity contribution in [2.45, 2.75) is 19.4 Å². The molecule has 0 aromatic heterocycles. The second-order valence-electron chi connectivity index (χ2n) is 6.01. The molecule has 0 aliphatic heterocycles. The molecule has 0 saturated heterocycles. The van der Waals surface area contributed by atoms with Gasteiger partial charge in [-0.15, -0.1) is 0 Å². The molecule has 2 aromatic rings. The van der Waals surface area contributed by atoms with Crippen molar-refractivity contribution >= 4 is 23.9 Å². The zero-order valence-corrected chi connectivity index (χ0v) is 14.9. The van der Waals surface area contributed by atoms with Crippen LogP contribution < -0.4 is 15.7 Å². The summed E-state index contributed by atoms with van der Waals surface area (Å²) in [6.45, 7) is 1.19. The van der Waals surface area contributed by atoms with Gasteiger partial charge in [-0.3, -0.25) is 9.59 Å². The molecular weight excluding hydrogens is 367 g/mol. The number of nitrogens with one attached hydrogen (secondary N) is 2. The fraction of sp³-hybridized carbons (Fsp3) is 0.150. The Labute approximate surface area is 160 Å². The first kappa shape index (κ1) is 20.6. The van der Waals surface area contributed by atoms with Gasteiger partial charge in [-0.1, -0.05) is 24.3 Å². The van der Waals surface area contributed by atoms with Crippen molar-refractivity contribution in [3.63, 3.8) is 0 Å². The monoisotopic (exact) mass is 385 g/mol. The van der Waals surface area contributed by atoms with Gasteiger partial charge in [0, 0.05) is 6.92 Å². The number of aliphatic carboxylic acids is 1. The van der Waals surface area contributed by atoms with Crippen molar-refractivity contribution in [3.8, 4) is 5.75 Å². The van der Waals surface area contributed by atoms with E-state index in [1.807, 2.05) is 0 Å². The number of phenols is 1. The summed E-state index contributed by atoms with van der Waals surface area (Å²) in [4.78, 5) is 35.3. The van der Waals surface area contributed by atoms with Crippen LogP contribution in [0.5, 0.6) is 5.75 Å². The van der Waals surface area contributed by atoms with Gasteiger partial charge in [0.25, 0.3) is 5.91 Å². The molecule has 0 fully saturated rings. The van der Waals surface area contributed by atoms with Gasteiger partial charge in [-0.2, -0.15) is 0 Å². The average Bonchev–Trinajstić information content (AvgIpc) is 2.63. The van der Waals surface area contributed by atoms with Crippen molar-refractivity contribution in [2.24, 2.45) is 0 Å². The Balaban J connectivity index is 2.21. The van der Waals surface area contributed by atoms with Crippen LogP contribution in [0.4, 0.5) is 4.39 Å². The summed E-state index contributed by atoms with van der Waals surface area (Å²) in [7, 11) is 0. The molecule has 0 bridgehead atoms. The molecule has 3 N–H and O–H groups in total. The minimum Gasteiger partial charge on any atom is -0.548 e. The lowest BCUT2D eigenvalue weighted by atomic mass is 10.1. The van der Waals surface area contributed by atoms with Crippen molar-refractivity contribution in [1.29, 1.82) is 0 Å². The Kier molecular flexibility index (Phi) is 6.86. The van der Waals surface area contributed by atoms with Crippen LogP contribution >= 0.6 is 0 Å². The smallest absolute Gasteiger partial charge is 0.268 e. The maximum atomic E-state index is 13.0. The molecule has 0 aliphatic rings. The Morgan fingerprint density at radius 1 is 1.11 bits per heavy atom. The normalized spacial score (nSPS) is 12.1. The minimum atomic E-state index is -1.51. The van der Waals surface area contributed by atoms with Crippen molar-refractivity contribution in [1.82, 2.24) is 10.6 Å². The SMILES string of the molecule is CC(=O)N/C(=C\c1ccc(F)cc1)C(=O)N[C@H](Cc1ccc(O)cc1)C(=O)[O-]. The van der Waals surface area contributed by atoms with Crippen LogP contribution in [-0.4, -0.2) is 28.9 Å². The molecule has 0 aliphatic carbocycles. The van der Waals surface area contributed by atoms with Crippen LogP contribution in [0, 0.1) is 5.82 Å². The molecule has 7 nitrogen and oxygen atoms in total. The van der Waals surface area contributed by atoms with Crippen LogP contribution in [0.2, 0.25) is 0 Å². The molecule has 0 saturated carbocycles. The maximum Gasteiger partial charge on any atom is 0.268 e. The van der Waals surface area contributed by atoms with Gasteiger partial charge in [0.05, 0.1) is 12.0 Å². The number of amides is 2. The lowest BCUT2D eigenvalue weighted by molar-refractivity contribution is -0.308. The van der Waals surface area contributed by atoms with Gasteiger partial charge in [0.1, 0.15) is 17.3 Å². The maximum absolute atomic E-state index is 13.0. The van der Waals surface area contributed by atoms with E-state index in [2.05, 4.69) is 10.6 Å². The lowest BCUT2D eigenvalue weighted by Crippen LogP contribution is -2.50. The summed E-state index contributed by atoms with van der Waals surface area (Å²) < 4.78 is 13.0. The molecule has 0 radical (unpaired) electrons. The largest absolute Gasteiger partial charge is 0.548 e. The van der Waals surface area contributed by atoms with E-state index in [0.29, 0.717) is 11.1 Å². The van der Waals surface area contributed by atoms with E-state index in [4.69, 9.17) is 0 Å². The highest BCUT2D eigenvalue weighted by atomic mass is 19.1. The van der Waals surface area contributed by atoms with Crippen LogP contribution in [0.1, 0.15) is 18.1 Å². The molecule has 0 heterocycles. The molecule has 2 rings (SSSR count). The van der Waals surface area contributed by atoms with Crippen molar-refractivity contribution in [3.05, 3.63) is 71.2 Å². The molecule has 8 heteroatoms. The van der Waals surface area contributed by atoms with Crippen LogP contribution in [0.3, 0.4) is 0 Å². The molecule has 2 aromatic carbocycles. The van der Waals surface area contributed by atoms with E-state index in [1.54, 1.807) is 0 Å². The van der Waals surface area contributed by atoms with E-state index in [9.17, 15) is 29.0 Å². The zero-order valence-electron chi connectivity index (χ0n) is 14.9. The standard InChI is InChI=1S/C20H19FN2O5/c1-12(24)22-17(10-13-2-6-15(21)7-3-13)19(26)23-18(20(27)28)11-14-4-8-16(25)9-5-14/h2-10,18,25H,11H2,1H3,(H,22,24)(H,23,26)(H,27,28)/p-1/b17-10-/t18-/m1/s1. The molecular formula is C20H18FN2O5-. The van der Waals surface area contributed by atoms with Gasteiger partial charge in [0.15, 0.2) is 0 Å². The quantitative estimate of drug-likeness (QED) is 0.600. The van der Waals surface area contributed by atoms with E-state index in [1.165, 1.54) is 61.5 Å². The number of carbonyl (C=O) groups excluding carboxylic acids is 3. The molecule has 1 atom stereocenters. The number of halogens is 1. The number of benzene rings is 2. The third-order valence-electron chi connectivity index (χ3n) is 3.70. The second kappa shape index (κ2) is 9.31. The number of hydrogen-bond donors (Lipinski definition) is 3. The van der Waals surface area contributed by atoms with Gasteiger partial charge < -0.3 is 25.6 Å².